The minimum Gasteiger partial charge on any atom is -0.488 e. The number of amides is 2. The fourth-order valence-electron chi connectivity index (χ4n) is 5.33. The summed E-state index contributed by atoms with van der Waals surface area (Å²) >= 11 is 0.988. The quantitative estimate of drug-likeness (QED) is 0.0292. The zero-order chi connectivity index (χ0) is 31.4. The molecule has 2 amide bonds. The van der Waals surface area contributed by atoms with Crippen molar-refractivity contribution >= 4 is 23.2 Å². The minimum absolute atomic E-state index is 0.227. The fourth-order valence-corrected chi connectivity index (χ4v) is 6.32. The maximum atomic E-state index is 12.5. The molecule has 8 nitrogen and oxygen atoms in total. The lowest BCUT2D eigenvalue weighted by atomic mass is 10.1. The predicted octanol–water partition coefficient (Wildman–Crippen LogP) is 9.11. The van der Waals surface area contributed by atoms with Crippen LogP contribution in [0.5, 0.6) is 11.5 Å². The van der Waals surface area contributed by atoms with Crippen molar-refractivity contribution in [2.45, 2.75) is 168 Å². The van der Waals surface area contributed by atoms with E-state index in [4.69, 9.17) is 21.2 Å². The van der Waals surface area contributed by atoms with Crippen molar-refractivity contribution in [1.82, 2.24) is 10.9 Å². The Balaban J connectivity index is 2.44. The second-order valence-electron chi connectivity index (χ2n) is 11.8. The zero-order valence-electron chi connectivity index (χ0n) is 27.6. The number of ether oxygens (including phenoxy) is 2. The van der Waals surface area contributed by atoms with E-state index in [1.807, 2.05) is 0 Å². The Kier molecular flexibility index (Phi) is 25.2. The Labute approximate surface area is 266 Å². The minimum atomic E-state index is -0.513. The van der Waals surface area contributed by atoms with E-state index in [1.54, 1.807) is 0 Å². The number of nitrogen functional groups attached to an aromatic ring is 2. The lowest BCUT2D eigenvalue weighted by Gasteiger charge is -2.12. The first kappa shape index (κ1) is 39.2. The van der Waals surface area contributed by atoms with Crippen LogP contribution >= 0.6 is 11.3 Å². The van der Waals surface area contributed by atoms with E-state index in [9.17, 15) is 9.59 Å². The molecular weight excluding hydrogens is 560 g/mol. The predicted molar refractivity (Wildman–Crippen MR) is 181 cm³/mol. The van der Waals surface area contributed by atoms with Gasteiger partial charge in [0.05, 0.1) is 13.2 Å². The number of carbonyl (C=O) groups excluding carboxylic acids is 2. The molecular formula is C34H64N4O4S. The van der Waals surface area contributed by atoms with Crippen molar-refractivity contribution in [2.75, 3.05) is 13.2 Å². The van der Waals surface area contributed by atoms with Gasteiger partial charge < -0.3 is 9.47 Å². The molecule has 1 aromatic heterocycles. The first-order chi connectivity index (χ1) is 21.1. The van der Waals surface area contributed by atoms with Crippen molar-refractivity contribution in [2.24, 2.45) is 11.7 Å². The van der Waals surface area contributed by atoms with Crippen LogP contribution in [0.3, 0.4) is 0 Å². The van der Waals surface area contributed by atoms with Gasteiger partial charge in [-0.3, -0.25) is 20.4 Å². The van der Waals surface area contributed by atoms with Gasteiger partial charge >= 0.3 is 0 Å². The second-order valence-corrected chi connectivity index (χ2v) is 12.9. The monoisotopic (exact) mass is 624 g/mol. The maximum Gasteiger partial charge on any atom is 0.279 e. The summed E-state index contributed by atoms with van der Waals surface area (Å²) in [5.41, 5.74) is 4.32. The summed E-state index contributed by atoms with van der Waals surface area (Å²) in [6.07, 6.45) is 30.1. The first-order valence-corrected chi connectivity index (χ1v) is 18.4. The summed E-state index contributed by atoms with van der Waals surface area (Å²) in [7, 11) is 0. The summed E-state index contributed by atoms with van der Waals surface area (Å²) in [4.78, 5) is 25.5. The maximum absolute atomic E-state index is 12.5. The van der Waals surface area contributed by atoms with Gasteiger partial charge in [-0.15, -0.1) is 11.3 Å². The highest BCUT2D eigenvalue weighted by atomic mass is 32.1. The molecule has 0 bridgehead atoms. The number of nitrogens with one attached hydrogen (secondary N) is 2. The van der Waals surface area contributed by atoms with Gasteiger partial charge in [0.15, 0.2) is 11.5 Å². The van der Waals surface area contributed by atoms with E-state index in [1.165, 1.54) is 128 Å². The largest absolute Gasteiger partial charge is 0.488 e. The van der Waals surface area contributed by atoms with E-state index in [0.29, 0.717) is 13.2 Å². The number of hydrogen-bond acceptors (Lipinski definition) is 7. The van der Waals surface area contributed by atoms with Crippen molar-refractivity contribution in [1.29, 1.82) is 0 Å². The lowest BCUT2D eigenvalue weighted by molar-refractivity contribution is 0.0943. The topological polar surface area (TPSA) is 129 Å². The third-order valence-electron chi connectivity index (χ3n) is 7.99. The Hall–Kier alpha value is -1.84. The van der Waals surface area contributed by atoms with Crippen LogP contribution in [0.15, 0.2) is 0 Å². The number of hydrazine groups is 2. The van der Waals surface area contributed by atoms with Crippen LogP contribution in [-0.4, -0.2) is 25.0 Å². The molecule has 0 saturated carbocycles. The van der Waals surface area contributed by atoms with Crippen LogP contribution in [0.1, 0.15) is 187 Å². The molecule has 9 heteroatoms. The third kappa shape index (κ3) is 18.5. The molecule has 0 radical (unpaired) electrons. The second kappa shape index (κ2) is 27.7. The number of thiophene rings is 1. The standard InChI is InChI=1S/C34H64N4O4S/c1-3-5-7-9-11-13-15-17-19-21-23-25-27-41-29-30(32(34(40)38-36)43-31(29)33(39)37-35)42-28-26-24-22-20-18-16-14-12-10-8-6-4-2/h3-28,35-36H2,1-2H3,(H,37,39)(H,38,40). The number of carbonyl (C=O) groups is 2. The van der Waals surface area contributed by atoms with Crippen LogP contribution in [0.25, 0.3) is 0 Å². The van der Waals surface area contributed by atoms with Crippen LogP contribution in [0.2, 0.25) is 0 Å². The highest BCUT2D eigenvalue weighted by Crippen LogP contribution is 2.42. The average molecular weight is 625 g/mol. The summed E-state index contributed by atoms with van der Waals surface area (Å²) in [6, 6.07) is 0. The molecule has 43 heavy (non-hydrogen) atoms. The van der Waals surface area contributed by atoms with Gasteiger partial charge in [-0.1, -0.05) is 155 Å². The molecule has 0 unspecified atom stereocenters. The Bertz CT molecular complexity index is 769. The van der Waals surface area contributed by atoms with E-state index < -0.39 is 11.8 Å². The molecule has 6 N–H and O–H groups in total. The van der Waals surface area contributed by atoms with Crippen LogP contribution < -0.4 is 32.0 Å². The molecule has 0 aliphatic heterocycles. The van der Waals surface area contributed by atoms with Crippen molar-refractivity contribution in [3.05, 3.63) is 9.75 Å². The summed E-state index contributed by atoms with van der Waals surface area (Å²) < 4.78 is 12.1. The highest BCUT2D eigenvalue weighted by molar-refractivity contribution is 7.16. The van der Waals surface area contributed by atoms with Crippen molar-refractivity contribution < 1.29 is 19.1 Å². The van der Waals surface area contributed by atoms with Crippen LogP contribution in [0.4, 0.5) is 0 Å². The smallest absolute Gasteiger partial charge is 0.279 e. The van der Waals surface area contributed by atoms with Crippen LogP contribution in [0, 0.1) is 0 Å². The van der Waals surface area contributed by atoms with Gasteiger partial charge in [-0.25, -0.2) is 11.7 Å². The van der Waals surface area contributed by atoms with Gasteiger partial charge in [0.1, 0.15) is 9.75 Å². The SMILES string of the molecule is CCCCCCCCCCCCCCOc1c(C(=O)NN)sc(C(=O)NN)c1OCCCCCCCCCCCCCC. The van der Waals surface area contributed by atoms with Gasteiger partial charge in [0.2, 0.25) is 0 Å². The molecule has 1 aromatic rings. The molecule has 1 heterocycles. The van der Waals surface area contributed by atoms with E-state index in [0.717, 1.165) is 37.0 Å². The number of nitrogens with two attached hydrogens (primary N) is 2. The Morgan fingerprint density at radius 2 is 0.744 bits per heavy atom. The number of hydrogen-bond donors (Lipinski definition) is 4. The highest BCUT2D eigenvalue weighted by Gasteiger charge is 2.29. The summed E-state index contributed by atoms with van der Waals surface area (Å²) in [5, 5.41) is 0. The molecule has 0 fully saturated rings. The molecule has 0 saturated heterocycles. The first-order valence-electron chi connectivity index (χ1n) is 17.5. The molecule has 0 atom stereocenters. The molecule has 250 valence electrons. The zero-order valence-corrected chi connectivity index (χ0v) is 28.4. The molecule has 0 spiro atoms. The number of rotatable bonds is 30. The lowest BCUT2D eigenvalue weighted by Crippen LogP contribution is -2.30. The molecule has 0 aliphatic rings. The molecule has 0 aromatic carbocycles. The van der Waals surface area contributed by atoms with Gasteiger partial charge in [-0.2, -0.15) is 0 Å². The van der Waals surface area contributed by atoms with Crippen molar-refractivity contribution in [3.63, 3.8) is 0 Å². The van der Waals surface area contributed by atoms with Gasteiger partial charge in [0, 0.05) is 0 Å². The van der Waals surface area contributed by atoms with E-state index in [2.05, 4.69) is 24.7 Å². The van der Waals surface area contributed by atoms with E-state index in [-0.39, 0.29) is 21.3 Å². The molecule has 0 aliphatic carbocycles. The normalized spacial score (nSPS) is 11.1. The Morgan fingerprint density at radius 3 is 1.00 bits per heavy atom. The Morgan fingerprint density at radius 1 is 0.488 bits per heavy atom. The fraction of sp³-hybridized carbons (Fsp3) is 0.824. The van der Waals surface area contributed by atoms with Gasteiger partial charge in [0.25, 0.3) is 11.8 Å². The van der Waals surface area contributed by atoms with E-state index >= 15 is 0 Å². The van der Waals surface area contributed by atoms with Gasteiger partial charge in [-0.05, 0) is 12.8 Å². The summed E-state index contributed by atoms with van der Waals surface area (Å²) in [6.45, 7) is 5.40. The number of unbranched alkanes of at least 4 members (excludes halogenated alkanes) is 22. The average Bonchev–Trinajstić information content (AvgIpc) is 3.38. The molecule has 1 rings (SSSR count). The van der Waals surface area contributed by atoms with Crippen molar-refractivity contribution in [3.8, 4) is 11.5 Å². The third-order valence-corrected chi connectivity index (χ3v) is 9.14. The van der Waals surface area contributed by atoms with Crippen LogP contribution in [-0.2, 0) is 0 Å². The summed E-state index contributed by atoms with van der Waals surface area (Å²) in [5.74, 6) is 10.4.